The van der Waals surface area contributed by atoms with Crippen molar-refractivity contribution in [2.75, 3.05) is 0 Å². The molecule has 3 heteroatoms. The van der Waals surface area contributed by atoms with Crippen LogP contribution in [-0.4, -0.2) is 0 Å². The highest BCUT2D eigenvalue weighted by Crippen LogP contribution is 2.38. The molecule has 3 aromatic rings. The molecule has 0 unspecified atom stereocenters. The van der Waals surface area contributed by atoms with Gasteiger partial charge in [0.05, 0.1) is 5.39 Å². The van der Waals surface area contributed by atoms with Gasteiger partial charge in [0, 0.05) is 0 Å². The predicted octanol–water partition coefficient (Wildman–Crippen LogP) is 8.39. The van der Waals surface area contributed by atoms with Crippen molar-refractivity contribution in [3.05, 3.63) is 71.5 Å². The normalized spacial score (nSPS) is 19.6. The molecule has 3 aromatic carbocycles. The van der Waals surface area contributed by atoms with Gasteiger partial charge in [-0.1, -0.05) is 56.5 Å². The Balaban J connectivity index is 1.52. The number of benzene rings is 3. The Hall–Kier alpha value is -2.29. The topological polar surface area (TPSA) is 0 Å². The Labute approximate surface area is 170 Å². The van der Waals surface area contributed by atoms with Crippen LogP contribution in [0.2, 0.25) is 0 Å². The minimum atomic E-state index is -1.13. The van der Waals surface area contributed by atoms with Gasteiger partial charge in [0.1, 0.15) is 5.82 Å². The molecule has 1 saturated carbocycles. The number of rotatable bonds is 5. The van der Waals surface area contributed by atoms with E-state index in [4.69, 9.17) is 0 Å². The molecule has 152 valence electrons. The summed E-state index contributed by atoms with van der Waals surface area (Å²) in [6.07, 6.45) is 9.07. The summed E-state index contributed by atoms with van der Waals surface area (Å²) in [5.41, 5.74) is 2.91. The molecule has 0 saturated heterocycles. The summed E-state index contributed by atoms with van der Waals surface area (Å²) < 4.78 is 41.8. The van der Waals surface area contributed by atoms with Crippen LogP contribution in [0.4, 0.5) is 13.2 Å². The van der Waals surface area contributed by atoms with E-state index in [1.54, 1.807) is 6.07 Å². The van der Waals surface area contributed by atoms with Crippen LogP contribution in [0.1, 0.15) is 63.4 Å². The summed E-state index contributed by atoms with van der Waals surface area (Å²) in [4.78, 5) is 0. The van der Waals surface area contributed by atoms with Crippen LogP contribution < -0.4 is 0 Å². The molecule has 29 heavy (non-hydrogen) atoms. The third-order valence-electron chi connectivity index (χ3n) is 6.49. The van der Waals surface area contributed by atoms with Gasteiger partial charge in [0.25, 0.3) is 0 Å². The van der Waals surface area contributed by atoms with E-state index in [9.17, 15) is 13.2 Å². The molecule has 0 atom stereocenters. The summed E-state index contributed by atoms with van der Waals surface area (Å²) in [6, 6.07) is 13.8. The van der Waals surface area contributed by atoms with E-state index >= 15 is 0 Å². The predicted molar refractivity (Wildman–Crippen MR) is 113 cm³/mol. The minimum Gasteiger partial charge on any atom is -0.206 e. The Morgan fingerprint density at radius 1 is 0.793 bits per heavy atom. The molecule has 0 radical (unpaired) electrons. The lowest BCUT2D eigenvalue weighted by molar-refractivity contribution is 0.304. The zero-order valence-corrected chi connectivity index (χ0v) is 16.9. The minimum absolute atomic E-state index is 0.287. The molecule has 1 fully saturated rings. The second-order valence-electron chi connectivity index (χ2n) is 8.40. The van der Waals surface area contributed by atoms with Crippen molar-refractivity contribution in [3.63, 3.8) is 0 Å². The molecule has 0 amide bonds. The van der Waals surface area contributed by atoms with E-state index in [1.165, 1.54) is 62.6 Å². The van der Waals surface area contributed by atoms with Crippen LogP contribution in [0, 0.1) is 23.4 Å². The maximum Gasteiger partial charge on any atom is 0.169 e. The fourth-order valence-corrected chi connectivity index (χ4v) is 4.74. The van der Waals surface area contributed by atoms with E-state index < -0.39 is 17.5 Å². The highest BCUT2D eigenvalue weighted by Gasteiger charge is 2.22. The van der Waals surface area contributed by atoms with Gasteiger partial charge in [-0.25, -0.2) is 13.2 Å². The van der Waals surface area contributed by atoms with Gasteiger partial charge in [-0.2, -0.15) is 0 Å². The maximum atomic E-state index is 14.5. The molecule has 0 heterocycles. The van der Waals surface area contributed by atoms with E-state index in [2.05, 4.69) is 19.1 Å². The van der Waals surface area contributed by atoms with Gasteiger partial charge in [-0.15, -0.1) is 0 Å². The zero-order valence-electron chi connectivity index (χ0n) is 16.9. The molecule has 4 rings (SSSR count). The van der Waals surface area contributed by atoms with E-state index in [-0.39, 0.29) is 5.39 Å². The first kappa shape index (κ1) is 20.0. The average molecular weight is 396 g/mol. The Morgan fingerprint density at radius 3 is 2.21 bits per heavy atom. The SMILES string of the molecule is CCCCC1CCC(c2ccc(-c3cc(F)c4c(F)c(F)ccc4c3)cc2)CC1. The Morgan fingerprint density at radius 2 is 1.52 bits per heavy atom. The van der Waals surface area contributed by atoms with Crippen molar-refractivity contribution in [1.82, 2.24) is 0 Å². The van der Waals surface area contributed by atoms with Crippen molar-refractivity contribution in [2.45, 2.75) is 57.8 Å². The van der Waals surface area contributed by atoms with Crippen LogP contribution in [0.3, 0.4) is 0 Å². The third kappa shape index (κ3) is 4.19. The van der Waals surface area contributed by atoms with Gasteiger partial charge in [0.2, 0.25) is 0 Å². The molecule has 0 aliphatic heterocycles. The van der Waals surface area contributed by atoms with Gasteiger partial charge in [-0.3, -0.25) is 0 Å². The highest BCUT2D eigenvalue weighted by atomic mass is 19.2. The van der Waals surface area contributed by atoms with Crippen molar-refractivity contribution in [1.29, 1.82) is 0 Å². The molecule has 0 spiro atoms. The van der Waals surface area contributed by atoms with Gasteiger partial charge >= 0.3 is 0 Å². The van der Waals surface area contributed by atoms with Gasteiger partial charge < -0.3 is 0 Å². The van der Waals surface area contributed by atoms with Crippen LogP contribution in [0.15, 0.2) is 48.5 Å². The van der Waals surface area contributed by atoms with Crippen LogP contribution >= 0.6 is 0 Å². The van der Waals surface area contributed by atoms with Crippen LogP contribution in [0.5, 0.6) is 0 Å². The second-order valence-corrected chi connectivity index (χ2v) is 8.40. The van der Waals surface area contributed by atoms with Gasteiger partial charge in [-0.05, 0) is 77.8 Å². The fourth-order valence-electron chi connectivity index (χ4n) is 4.74. The molecule has 0 bridgehead atoms. The number of hydrogen-bond acceptors (Lipinski definition) is 0. The average Bonchev–Trinajstić information content (AvgIpc) is 2.75. The number of unbranched alkanes of at least 4 members (excludes halogenated alkanes) is 1. The largest absolute Gasteiger partial charge is 0.206 e. The number of hydrogen-bond donors (Lipinski definition) is 0. The summed E-state index contributed by atoms with van der Waals surface area (Å²) in [5.74, 6) is -1.40. The molecule has 1 aliphatic carbocycles. The lowest BCUT2D eigenvalue weighted by Crippen LogP contribution is -2.13. The van der Waals surface area contributed by atoms with Crippen molar-refractivity contribution in [2.24, 2.45) is 5.92 Å². The fraction of sp³-hybridized carbons (Fsp3) is 0.385. The first-order valence-electron chi connectivity index (χ1n) is 10.7. The monoisotopic (exact) mass is 396 g/mol. The maximum absolute atomic E-state index is 14.5. The number of fused-ring (bicyclic) bond motifs is 1. The summed E-state index contributed by atoms with van der Waals surface area (Å²) in [5, 5.41) is 0.0820. The lowest BCUT2D eigenvalue weighted by Gasteiger charge is -2.29. The van der Waals surface area contributed by atoms with Gasteiger partial charge in [0.15, 0.2) is 11.6 Å². The highest BCUT2D eigenvalue weighted by molar-refractivity contribution is 5.88. The quantitative estimate of drug-likeness (QED) is 0.406. The standard InChI is InChI=1S/C26H27F3/c1-2-3-4-17-5-7-18(8-6-17)19-9-11-20(12-10-19)22-15-21-13-14-23(27)26(29)25(21)24(28)16-22/h9-18H,2-8H2,1H3. The molecular formula is C26H27F3. The Bertz CT molecular complexity index is 983. The molecule has 1 aliphatic rings. The van der Waals surface area contributed by atoms with Crippen molar-refractivity contribution < 1.29 is 13.2 Å². The van der Waals surface area contributed by atoms with Crippen molar-refractivity contribution in [3.8, 4) is 11.1 Å². The van der Waals surface area contributed by atoms with E-state index in [0.717, 1.165) is 17.5 Å². The molecule has 0 aromatic heterocycles. The molecular weight excluding hydrogens is 369 g/mol. The van der Waals surface area contributed by atoms with E-state index in [1.807, 2.05) is 12.1 Å². The van der Waals surface area contributed by atoms with Crippen LogP contribution in [0.25, 0.3) is 21.9 Å². The summed E-state index contributed by atoms with van der Waals surface area (Å²) in [7, 11) is 0. The third-order valence-corrected chi connectivity index (χ3v) is 6.49. The van der Waals surface area contributed by atoms with Crippen molar-refractivity contribution >= 4 is 10.8 Å². The second kappa shape index (κ2) is 8.61. The summed E-state index contributed by atoms with van der Waals surface area (Å²) >= 11 is 0. The zero-order chi connectivity index (χ0) is 20.4. The lowest BCUT2D eigenvalue weighted by atomic mass is 9.77. The number of halogens is 3. The molecule has 0 nitrogen and oxygen atoms in total. The van der Waals surface area contributed by atoms with Crippen LogP contribution in [-0.2, 0) is 0 Å². The van der Waals surface area contributed by atoms with E-state index in [0.29, 0.717) is 16.9 Å². The molecule has 0 N–H and O–H groups in total. The summed E-state index contributed by atoms with van der Waals surface area (Å²) in [6.45, 7) is 2.25. The smallest absolute Gasteiger partial charge is 0.169 e. The first-order chi connectivity index (χ1) is 14.1. The first-order valence-corrected chi connectivity index (χ1v) is 10.7. The Kier molecular flexibility index (Phi) is 5.94.